The highest BCUT2D eigenvalue weighted by Gasteiger charge is 2.40. The van der Waals surface area contributed by atoms with E-state index in [-0.39, 0.29) is 0 Å². The largest absolute Gasteiger partial charge is 0.381 e. The molecule has 4 heteroatoms. The summed E-state index contributed by atoms with van der Waals surface area (Å²) in [5.41, 5.74) is 1.26. The Balaban J connectivity index is 1.26. The van der Waals surface area contributed by atoms with Gasteiger partial charge in [0.2, 0.25) is 5.91 Å². The molecule has 4 rings (SSSR count). The lowest BCUT2D eigenvalue weighted by atomic mass is 9.98. The van der Waals surface area contributed by atoms with E-state index in [0.29, 0.717) is 24.4 Å². The molecule has 0 radical (unpaired) electrons. The zero-order valence-corrected chi connectivity index (χ0v) is 15.1. The fraction of sp³-hybridized carbons (Fsp3) is 0.667. The fourth-order valence-electron chi connectivity index (χ4n) is 4.13. The van der Waals surface area contributed by atoms with Gasteiger partial charge in [-0.25, -0.2) is 0 Å². The molecule has 3 aliphatic rings. The van der Waals surface area contributed by atoms with Gasteiger partial charge in [-0.05, 0) is 43.6 Å². The number of nitrogens with zero attached hydrogens (tertiary/aromatic N) is 2. The number of carbonyl (C=O) groups is 1. The Morgan fingerprint density at radius 2 is 1.76 bits per heavy atom. The molecule has 0 unspecified atom stereocenters. The van der Waals surface area contributed by atoms with Crippen molar-refractivity contribution in [1.82, 2.24) is 9.80 Å². The molecule has 0 aromatic heterocycles. The first kappa shape index (κ1) is 17.0. The summed E-state index contributed by atoms with van der Waals surface area (Å²) in [7, 11) is 0. The van der Waals surface area contributed by atoms with Gasteiger partial charge in [-0.2, -0.15) is 0 Å². The van der Waals surface area contributed by atoms with Gasteiger partial charge in [0.15, 0.2) is 0 Å². The SMILES string of the molecule is O=C(CCc1ccccc1)N1CC(N(CC2CC2)C2CCOCC2)C1. The van der Waals surface area contributed by atoms with Crippen molar-refractivity contribution in [2.24, 2.45) is 5.92 Å². The third-order valence-corrected chi connectivity index (χ3v) is 5.98. The van der Waals surface area contributed by atoms with E-state index in [1.165, 1.54) is 24.9 Å². The van der Waals surface area contributed by atoms with Crippen molar-refractivity contribution < 1.29 is 9.53 Å². The average Bonchev–Trinajstić information content (AvgIpc) is 3.44. The summed E-state index contributed by atoms with van der Waals surface area (Å²) in [6, 6.07) is 11.6. The second kappa shape index (κ2) is 7.88. The lowest BCUT2D eigenvalue weighted by Gasteiger charge is -2.49. The highest BCUT2D eigenvalue weighted by molar-refractivity contribution is 5.77. The molecule has 1 saturated carbocycles. The van der Waals surface area contributed by atoms with Crippen LogP contribution in [-0.2, 0) is 16.0 Å². The van der Waals surface area contributed by atoms with E-state index in [1.54, 1.807) is 0 Å². The van der Waals surface area contributed by atoms with Crippen LogP contribution in [0.4, 0.5) is 0 Å². The minimum absolute atomic E-state index is 0.318. The van der Waals surface area contributed by atoms with E-state index in [9.17, 15) is 4.79 Å². The lowest BCUT2D eigenvalue weighted by molar-refractivity contribution is -0.140. The highest BCUT2D eigenvalue weighted by atomic mass is 16.5. The van der Waals surface area contributed by atoms with Crippen LogP contribution >= 0.6 is 0 Å². The number of aryl methyl sites for hydroxylation is 1. The number of likely N-dealkylation sites (tertiary alicyclic amines) is 1. The number of ether oxygens (including phenoxy) is 1. The number of benzene rings is 1. The number of hydrogen-bond acceptors (Lipinski definition) is 3. The zero-order valence-electron chi connectivity index (χ0n) is 15.1. The van der Waals surface area contributed by atoms with Crippen LogP contribution in [0.5, 0.6) is 0 Å². The second-order valence-electron chi connectivity index (χ2n) is 7.92. The molecule has 2 aliphatic heterocycles. The maximum atomic E-state index is 12.5. The van der Waals surface area contributed by atoms with E-state index in [2.05, 4.69) is 21.9 Å². The number of rotatable bonds is 7. The Hall–Kier alpha value is -1.39. The molecule has 136 valence electrons. The van der Waals surface area contributed by atoms with Gasteiger partial charge in [0, 0.05) is 51.4 Å². The first-order chi connectivity index (χ1) is 12.3. The predicted molar refractivity (Wildman–Crippen MR) is 98.4 cm³/mol. The highest BCUT2D eigenvalue weighted by Crippen LogP contribution is 2.33. The molecule has 1 aliphatic carbocycles. The van der Waals surface area contributed by atoms with Crippen LogP contribution in [0.3, 0.4) is 0 Å². The van der Waals surface area contributed by atoms with Crippen LogP contribution in [0.25, 0.3) is 0 Å². The molecular formula is C21H30N2O2. The predicted octanol–water partition coefficient (Wildman–Crippen LogP) is 2.72. The van der Waals surface area contributed by atoms with Crippen molar-refractivity contribution in [1.29, 1.82) is 0 Å². The van der Waals surface area contributed by atoms with Gasteiger partial charge in [0.05, 0.1) is 0 Å². The average molecular weight is 342 g/mol. The standard InChI is InChI=1S/C21H30N2O2/c24-21(9-8-17-4-2-1-3-5-17)22-15-20(16-22)23(14-18-6-7-18)19-10-12-25-13-11-19/h1-5,18-20H,6-16H2. The monoisotopic (exact) mass is 342 g/mol. The van der Waals surface area contributed by atoms with Crippen LogP contribution in [0.2, 0.25) is 0 Å². The molecular weight excluding hydrogens is 312 g/mol. The summed E-state index contributed by atoms with van der Waals surface area (Å²) >= 11 is 0. The lowest BCUT2D eigenvalue weighted by Crippen LogP contribution is -2.64. The van der Waals surface area contributed by atoms with Gasteiger partial charge in [-0.3, -0.25) is 9.69 Å². The normalized spacial score (nSPS) is 22.2. The summed E-state index contributed by atoms with van der Waals surface area (Å²) in [6.07, 6.45) is 6.60. The van der Waals surface area contributed by atoms with Crippen molar-refractivity contribution in [3.8, 4) is 0 Å². The Kier molecular flexibility index (Phi) is 5.37. The Morgan fingerprint density at radius 3 is 2.44 bits per heavy atom. The van der Waals surface area contributed by atoms with E-state index >= 15 is 0 Å². The van der Waals surface area contributed by atoms with Crippen LogP contribution in [0, 0.1) is 5.92 Å². The molecule has 2 heterocycles. The summed E-state index contributed by atoms with van der Waals surface area (Å²) in [6.45, 7) is 4.90. The van der Waals surface area contributed by atoms with Crippen LogP contribution in [-0.4, -0.2) is 60.6 Å². The topological polar surface area (TPSA) is 32.8 Å². The summed E-state index contributed by atoms with van der Waals surface area (Å²) in [5, 5.41) is 0. The second-order valence-corrected chi connectivity index (χ2v) is 7.92. The Bertz CT molecular complexity index is 561. The summed E-state index contributed by atoms with van der Waals surface area (Å²) < 4.78 is 5.54. The minimum atomic E-state index is 0.318. The fourth-order valence-corrected chi connectivity index (χ4v) is 4.13. The van der Waals surface area contributed by atoms with Gasteiger partial charge < -0.3 is 9.64 Å². The van der Waals surface area contributed by atoms with Crippen LogP contribution in [0.15, 0.2) is 30.3 Å². The van der Waals surface area contributed by atoms with Gasteiger partial charge in [-0.15, -0.1) is 0 Å². The summed E-state index contributed by atoms with van der Waals surface area (Å²) in [5.74, 6) is 1.23. The number of amides is 1. The van der Waals surface area contributed by atoms with Crippen molar-refractivity contribution >= 4 is 5.91 Å². The smallest absolute Gasteiger partial charge is 0.223 e. The number of carbonyl (C=O) groups excluding carboxylic acids is 1. The van der Waals surface area contributed by atoms with E-state index < -0.39 is 0 Å². The van der Waals surface area contributed by atoms with Crippen molar-refractivity contribution in [2.75, 3.05) is 32.8 Å². The molecule has 1 aromatic carbocycles. The molecule has 1 amide bonds. The maximum absolute atomic E-state index is 12.5. The van der Waals surface area contributed by atoms with Crippen LogP contribution in [0.1, 0.15) is 37.7 Å². The molecule has 0 atom stereocenters. The van der Waals surface area contributed by atoms with Crippen LogP contribution < -0.4 is 0 Å². The van der Waals surface area contributed by atoms with Gasteiger partial charge >= 0.3 is 0 Å². The van der Waals surface area contributed by atoms with Gasteiger partial charge in [-0.1, -0.05) is 30.3 Å². The zero-order chi connectivity index (χ0) is 17.1. The van der Waals surface area contributed by atoms with Crippen molar-refractivity contribution in [2.45, 2.75) is 50.6 Å². The summed E-state index contributed by atoms with van der Waals surface area (Å²) in [4.78, 5) is 17.3. The third kappa shape index (κ3) is 4.42. The Labute approximate surface area is 151 Å². The molecule has 4 nitrogen and oxygen atoms in total. The van der Waals surface area contributed by atoms with Gasteiger partial charge in [0.25, 0.3) is 0 Å². The third-order valence-electron chi connectivity index (χ3n) is 5.98. The first-order valence-electron chi connectivity index (χ1n) is 9.95. The minimum Gasteiger partial charge on any atom is -0.381 e. The number of hydrogen-bond donors (Lipinski definition) is 0. The van der Waals surface area contributed by atoms with E-state index in [4.69, 9.17) is 4.74 Å². The molecule has 0 bridgehead atoms. The molecule has 1 aromatic rings. The quantitative estimate of drug-likeness (QED) is 0.764. The first-order valence-corrected chi connectivity index (χ1v) is 9.95. The molecule has 0 spiro atoms. The van der Waals surface area contributed by atoms with Crippen molar-refractivity contribution in [3.63, 3.8) is 0 Å². The molecule has 25 heavy (non-hydrogen) atoms. The van der Waals surface area contributed by atoms with E-state index in [1.807, 2.05) is 18.2 Å². The van der Waals surface area contributed by atoms with E-state index in [0.717, 1.165) is 51.5 Å². The maximum Gasteiger partial charge on any atom is 0.223 e. The molecule has 2 saturated heterocycles. The molecule has 3 fully saturated rings. The van der Waals surface area contributed by atoms with Crippen molar-refractivity contribution in [3.05, 3.63) is 35.9 Å². The molecule has 0 N–H and O–H groups in total. The van der Waals surface area contributed by atoms with Gasteiger partial charge in [0.1, 0.15) is 0 Å². The Morgan fingerprint density at radius 1 is 1.04 bits per heavy atom.